The van der Waals surface area contributed by atoms with Crippen molar-refractivity contribution in [3.05, 3.63) is 30.3 Å². The van der Waals surface area contributed by atoms with Crippen molar-refractivity contribution < 1.29 is 4.74 Å². The molecule has 156 valence electrons. The monoisotopic (exact) mass is 386 g/mol. The third-order valence-corrected chi connectivity index (χ3v) is 6.46. The normalized spacial score (nSPS) is 21.9. The van der Waals surface area contributed by atoms with Crippen molar-refractivity contribution in [1.82, 2.24) is 10.6 Å². The van der Waals surface area contributed by atoms with E-state index >= 15 is 0 Å². The highest BCUT2D eigenvalue weighted by Crippen LogP contribution is 2.40. The number of benzene rings is 1. The van der Waals surface area contributed by atoms with Crippen LogP contribution in [0, 0.1) is 11.3 Å². The number of rotatable bonds is 9. The van der Waals surface area contributed by atoms with Crippen LogP contribution in [0.4, 0.5) is 5.69 Å². The first-order valence-electron chi connectivity index (χ1n) is 11.1. The van der Waals surface area contributed by atoms with E-state index in [1.54, 1.807) is 0 Å². The van der Waals surface area contributed by atoms with Crippen LogP contribution < -0.4 is 15.5 Å². The zero-order valence-corrected chi connectivity index (χ0v) is 17.8. The number of hydrogen-bond acceptors (Lipinski definition) is 3. The fourth-order valence-electron chi connectivity index (χ4n) is 4.68. The summed E-state index contributed by atoms with van der Waals surface area (Å²) in [4.78, 5) is 6.95. The molecule has 0 spiro atoms. The minimum atomic E-state index is 0.379. The molecular weight excluding hydrogens is 348 g/mol. The number of nitrogens with one attached hydrogen (secondary N) is 2. The van der Waals surface area contributed by atoms with Gasteiger partial charge in [-0.1, -0.05) is 31.0 Å². The Labute approximate surface area is 170 Å². The van der Waals surface area contributed by atoms with E-state index in [1.165, 1.54) is 37.8 Å². The molecule has 1 heterocycles. The maximum atomic E-state index is 5.64. The Balaban J connectivity index is 1.42. The van der Waals surface area contributed by atoms with Gasteiger partial charge in [-0.2, -0.15) is 0 Å². The summed E-state index contributed by atoms with van der Waals surface area (Å²) in [7, 11) is 1.88. The summed E-state index contributed by atoms with van der Waals surface area (Å²) in [5, 5.41) is 7.19. The molecule has 1 aliphatic carbocycles. The van der Waals surface area contributed by atoms with Gasteiger partial charge >= 0.3 is 0 Å². The van der Waals surface area contributed by atoms with E-state index in [-0.39, 0.29) is 0 Å². The second kappa shape index (κ2) is 10.7. The SMILES string of the molecule is CCOCCC1(CNC(=NC)NCC2CCN(c3ccccc3)C2)CCCC1. The Morgan fingerprint density at radius 2 is 2.00 bits per heavy atom. The van der Waals surface area contributed by atoms with Crippen LogP contribution in [0.25, 0.3) is 0 Å². The summed E-state index contributed by atoms with van der Waals surface area (Å²) >= 11 is 0. The average Bonchev–Trinajstić information content (AvgIpc) is 3.39. The molecule has 1 aliphatic heterocycles. The minimum Gasteiger partial charge on any atom is -0.382 e. The summed E-state index contributed by atoms with van der Waals surface area (Å²) in [6.07, 6.45) is 7.68. The van der Waals surface area contributed by atoms with Gasteiger partial charge in [0.25, 0.3) is 0 Å². The number of para-hydroxylation sites is 1. The first-order valence-corrected chi connectivity index (χ1v) is 11.1. The molecular formula is C23H38N4O. The Bertz CT molecular complexity index is 598. The van der Waals surface area contributed by atoms with Gasteiger partial charge in [0, 0.05) is 52.1 Å². The summed E-state index contributed by atoms with van der Waals surface area (Å²) in [6.45, 7) is 8.01. The van der Waals surface area contributed by atoms with Gasteiger partial charge in [0.05, 0.1) is 0 Å². The standard InChI is InChI=1S/C23H38N4O/c1-3-28-16-14-23(12-7-8-13-23)19-26-22(24-2)25-17-20-11-15-27(18-20)21-9-5-4-6-10-21/h4-6,9-10,20H,3,7-8,11-19H2,1-2H3,(H2,24,25,26). The molecule has 1 unspecified atom stereocenters. The van der Waals surface area contributed by atoms with Crippen LogP contribution in [0.1, 0.15) is 45.4 Å². The van der Waals surface area contributed by atoms with Gasteiger partial charge in [-0.15, -0.1) is 0 Å². The fourth-order valence-corrected chi connectivity index (χ4v) is 4.68. The van der Waals surface area contributed by atoms with E-state index in [0.29, 0.717) is 11.3 Å². The molecule has 1 aromatic carbocycles. The van der Waals surface area contributed by atoms with Crippen LogP contribution in [-0.4, -0.2) is 52.4 Å². The summed E-state index contributed by atoms with van der Waals surface area (Å²) in [5.74, 6) is 1.61. The number of hydrogen-bond donors (Lipinski definition) is 2. The Morgan fingerprint density at radius 3 is 2.71 bits per heavy atom. The first-order chi connectivity index (χ1) is 13.7. The Hall–Kier alpha value is -1.75. The van der Waals surface area contributed by atoms with Gasteiger partial charge in [0.15, 0.2) is 5.96 Å². The number of anilines is 1. The molecule has 28 heavy (non-hydrogen) atoms. The Kier molecular flexibility index (Phi) is 8.01. The molecule has 0 bridgehead atoms. The van der Waals surface area contributed by atoms with Crippen LogP contribution in [0.2, 0.25) is 0 Å². The van der Waals surface area contributed by atoms with E-state index in [0.717, 1.165) is 51.8 Å². The van der Waals surface area contributed by atoms with Crippen molar-refractivity contribution >= 4 is 11.6 Å². The van der Waals surface area contributed by atoms with Gasteiger partial charge < -0.3 is 20.3 Å². The lowest BCUT2D eigenvalue weighted by Gasteiger charge is -2.30. The van der Waals surface area contributed by atoms with Crippen LogP contribution in [0.15, 0.2) is 35.3 Å². The van der Waals surface area contributed by atoms with E-state index < -0.39 is 0 Å². The quantitative estimate of drug-likeness (QED) is 0.386. The predicted octanol–water partition coefficient (Wildman–Crippen LogP) is 3.66. The molecule has 5 heteroatoms. The van der Waals surface area contributed by atoms with Crippen LogP contribution >= 0.6 is 0 Å². The largest absolute Gasteiger partial charge is 0.382 e. The number of ether oxygens (including phenoxy) is 1. The highest BCUT2D eigenvalue weighted by Gasteiger charge is 2.33. The molecule has 5 nitrogen and oxygen atoms in total. The molecule has 3 rings (SSSR count). The van der Waals surface area contributed by atoms with Crippen molar-refractivity contribution in [2.45, 2.75) is 45.4 Å². The number of nitrogens with zero attached hydrogens (tertiary/aromatic N) is 2. The lowest BCUT2D eigenvalue weighted by Crippen LogP contribution is -2.45. The predicted molar refractivity (Wildman–Crippen MR) is 118 cm³/mol. The molecule has 2 fully saturated rings. The maximum absolute atomic E-state index is 5.64. The minimum absolute atomic E-state index is 0.379. The lowest BCUT2D eigenvalue weighted by atomic mass is 9.83. The zero-order chi connectivity index (χ0) is 19.7. The summed E-state index contributed by atoms with van der Waals surface area (Å²) in [6, 6.07) is 10.7. The summed E-state index contributed by atoms with van der Waals surface area (Å²) in [5.41, 5.74) is 1.72. The van der Waals surface area contributed by atoms with Crippen LogP contribution in [0.5, 0.6) is 0 Å². The van der Waals surface area contributed by atoms with Crippen molar-refractivity contribution in [3.63, 3.8) is 0 Å². The topological polar surface area (TPSA) is 48.9 Å². The zero-order valence-electron chi connectivity index (χ0n) is 17.8. The van der Waals surface area contributed by atoms with Gasteiger partial charge in [-0.3, -0.25) is 4.99 Å². The second-order valence-corrected chi connectivity index (χ2v) is 8.40. The molecule has 1 saturated carbocycles. The van der Waals surface area contributed by atoms with Gasteiger partial charge in [0.1, 0.15) is 0 Å². The Morgan fingerprint density at radius 1 is 1.21 bits per heavy atom. The molecule has 0 aromatic heterocycles. The van der Waals surface area contributed by atoms with Crippen molar-refractivity contribution in [2.24, 2.45) is 16.3 Å². The third-order valence-electron chi connectivity index (χ3n) is 6.46. The number of guanidine groups is 1. The second-order valence-electron chi connectivity index (χ2n) is 8.40. The van der Waals surface area contributed by atoms with E-state index in [2.05, 4.69) is 57.8 Å². The van der Waals surface area contributed by atoms with E-state index in [9.17, 15) is 0 Å². The van der Waals surface area contributed by atoms with Crippen molar-refractivity contribution in [1.29, 1.82) is 0 Å². The van der Waals surface area contributed by atoms with Crippen molar-refractivity contribution in [2.75, 3.05) is 51.3 Å². The third kappa shape index (κ3) is 5.87. The highest BCUT2D eigenvalue weighted by molar-refractivity contribution is 5.79. The van der Waals surface area contributed by atoms with Gasteiger partial charge in [-0.25, -0.2) is 0 Å². The molecule has 1 atom stereocenters. The average molecular weight is 387 g/mol. The molecule has 1 aromatic rings. The lowest BCUT2D eigenvalue weighted by molar-refractivity contribution is 0.105. The molecule has 0 radical (unpaired) electrons. The first kappa shape index (κ1) is 21.0. The fraction of sp³-hybridized carbons (Fsp3) is 0.696. The van der Waals surface area contributed by atoms with Crippen LogP contribution in [0.3, 0.4) is 0 Å². The van der Waals surface area contributed by atoms with E-state index in [4.69, 9.17) is 4.74 Å². The van der Waals surface area contributed by atoms with Crippen LogP contribution in [-0.2, 0) is 4.74 Å². The summed E-state index contributed by atoms with van der Waals surface area (Å²) < 4.78 is 5.64. The maximum Gasteiger partial charge on any atom is 0.191 e. The number of aliphatic imine (C=N–C) groups is 1. The van der Waals surface area contributed by atoms with Gasteiger partial charge in [0.2, 0.25) is 0 Å². The molecule has 2 aliphatic rings. The molecule has 2 N–H and O–H groups in total. The van der Waals surface area contributed by atoms with Gasteiger partial charge in [-0.05, 0) is 56.1 Å². The van der Waals surface area contributed by atoms with Crippen molar-refractivity contribution in [3.8, 4) is 0 Å². The highest BCUT2D eigenvalue weighted by atomic mass is 16.5. The van der Waals surface area contributed by atoms with E-state index in [1.807, 2.05) is 7.05 Å². The molecule has 1 saturated heterocycles. The molecule has 0 amide bonds. The smallest absolute Gasteiger partial charge is 0.191 e.